The Bertz CT molecular complexity index is 582. The third-order valence-electron chi connectivity index (χ3n) is 2.71. The van der Waals surface area contributed by atoms with E-state index in [1.807, 2.05) is 0 Å². The third kappa shape index (κ3) is 3.44. The molecule has 0 saturated heterocycles. The van der Waals surface area contributed by atoms with Crippen LogP contribution >= 0.6 is 23.2 Å². The first kappa shape index (κ1) is 14.3. The molecule has 1 atom stereocenters. The molecule has 1 unspecified atom stereocenters. The minimum Gasteiger partial charge on any atom is -0.388 e. The Morgan fingerprint density at radius 3 is 2.32 bits per heavy atom. The van der Waals surface area contributed by atoms with Crippen molar-refractivity contribution in [3.8, 4) is 0 Å². The van der Waals surface area contributed by atoms with Gasteiger partial charge >= 0.3 is 0 Å². The Morgan fingerprint density at radius 2 is 1.68 bits per heavy atom. The van der Waals surface area contributed by atoms with Crippen molar-refractivity contribution in [2.45, 2.75) is 12.5 Å². The average Bonchev–Trinajstić information content (AvgIpc) is 2.33. The normalized spacial score (nSPS) is 12.5. The molecule has 19 heavy (non-hydrogen) atoms. The van der Waals surface area contributed by atoms with Gasteiger partial charge in [-0.2, -0.15) is 0 Å². The van der Waals surface area contributed by atoms with Crippen LogP contribution in [0.4, 0.5) is 8.78 Å². The highest BCUT2D eigenvalue weighted by atomic mass is 35.5. The molecule has 0 amide bonds. The Balaban J connectivity index is 2.25. The van der Waals surface area contributed by atoms with Crippen LogP contribution in [0.1, 0.15) is 17.2 Å². The highest BCUT2D eigenvalue weighted by molar-refractivity contribution is 6.42. The van der Waals surface area contributed by atoms with E-state index in [2.05, 4.69) is 0 Å². The summed E-state index contributed by atoms with van der Waals surface area (Å²) in [7, 11) is 0. The molecule has 0 aliphatic rings. The molecule has 0 bridgehead atoms. The van der Waals surface area contributed by atoms with Gasteiger partial charge in [0.2, 0.25) is 0 Å². The maximum absolute atomic E-state index is 13.1. The lowest BCUT2D eigenvalue weighted by Crippen LogP contribution is -2.03. The Labute approximate surface area is 119 Å². The number of benzene rings is 2. The molecule has 1 N–H and O–H groups in total. The Kier molecular flexibility index (Phi) is 4.40. The van der Waals surface area contributed by atoms with E-state index >= 15 is 0 Å². The Hall–Kier alpha value is -1.16. The van der Waals surface area contributed by atoms with Crippen LogP contribution in [0.15, 0.2) is 36.4 Å². The van der Waals surface area contributed by atoms with Crippen LogP contribution in [0.25, 0.3) is 0 Å². The average molecular weight is 303 g/mol. The van der Waals surface area contributed by atoms with Gasteiger partial charge in [-0.15, -0.1) is 0 Å². The summed E-state index contributed by atoms with van der Waals surface area (Å²) in [5.74, 6) is -1.46. The lowest BCUT2D eigenvalue weighted by molar-refractivity contribution is 0.177. The largest absolute Gasteiger partial charge is 0.388 e. The molecule has 5 heteroatoms. The van der Waals surface area contributed by atoms with Crippen LogP contribution in [-0.4, -0.2) is 5.11 Å². The summed E-state index contributed by atoms with van der Waals surface area (Å²) in [5, 5.41) is 10.7. The van der Waals surface area contributed by atoms with Gasteiger partial charge in [-0.25, -0.2) is 8.78 Å². The Morgan fingerprint density at radius 1 is 1.05 bits per heavy atom. The molecular weight excluding hydrogens is 293 g/mol. The summed E-state index contributed by atoms with van der Waals surface area (Å²) in [6.45, 7) is 0. The van der Waals surface area contributed by atoms with Gasteiger partial charge in [0.05, 0.1) is 16.1 Å². The quantitative estimate of drug-likeness (QED) is 0.882. The zero-order chi connectivity index (χ0) is 14.0. The van der Waals surface area contributed by atoms with Gasteiger partial charge in [0, 0.05) is 12.5 Å². The molecule has 1 nitrogen and oxygen atoms in total. The minimum atomic E-state index is -1.05. The summed E-state index contributed by atoms with van der Waals surface area (Å²) < 4.78 is 26.1. The molecule has 0 aliphatic heterocycles. The van der Waals surface area contributed by atoms with Gasteiger partial charge in [-0.05, 0) is 29.3 Å². The molecule has 100 valence electrons. The van der Waals surface area contributed by atoms with Gasteiger partial charge in [-0.3, -0.25) is 0 Å². The van der Waals surface area contributed by atoms with Crippen LogP contribution in [0.3, 0.4) is 0 Å². The number of rotatable bonds is 3. The molecular formula is C14H10Cl2F2O. The van der Waals surface area contributed by atoms with Crippen LogP contribution in [0.2, 0.25) is 10.0 Å². The van der Waals surface area contributed by atoms with Crippen LogP contribution < -0.4 is 0 Å². The zero-order valence-electron chi connectivity index (χ0n) is 9.71. The van der Waals surface area contributed by atoms with E-state index in [1.165, 1.54) is 0 Å². The fraction of sp³-hybridized carbons (Fsp3) is 0.143. The van der Waals surface area contributed by atoms with Crippen molar-refractivity contribution < 1.29 is 13.9 Å². The molecule has 0 radical (unpaired) electrons. The first-order valence-electron chi connectivity index (χ1n) is 5.54. The zero-order valence-corrected chi connectivity index (χ0v) is 11.2. The second-order valence-electron chi connectivity index (χ2n) is 4.14. The molecule has 2 aromatic rings. The maximum atomic E-state index is 13.1. The van der Waals surface area contributed by atoms with E-state index in [-0.39, 0.29) is 12.0 Å². The highest BCUT2D eigenvalue weighted by Crippen LogP contribution is 2.29. The van der Waals surface area contributed by atoms with Crippen molar-refractivity contribution in [3.63, 3.8) is 0 Å². The van der Waals surface area contributed by atoms with Gasteiger partial charge in [0.15, 0.2) is 0 Å². The van der Waals surface area contributed by atoms with E-state index < -0.39 is 17.7 Å². The number of halogens is 4. The van der Waals surface area contributed by atoms with E-state index in [1.54, 1.807) is 18.2 Å². The van der Waals surface area contributed by atoms with Crippen molar-refractivity contribution in [1.29, 1.82) is 0 Å². The van der Waals surface area contributed by atoms with Crippen molar-refractivity contribution in [1.82, 2.24) is 0 Å². The summed E-state index contributed by atoms with van der Waals surface area (Å²) in [6, 6.07) is 7.96. The summed E-state index contributed by atoms with van der Waals surface area (Å²) in [5.41, 5.74) is 0.778. The first-order valence-corrected chi connectivity index (χ1v) is 6.30. The fourth-order valence-electron chi connectivity index (χ4n) is 1.80. The van der Waals surface area contributed by atoms with E-state index in [4.69, 9.17) is 23.2 Å². The van der Waals surface area contributed by atoms with Gasteiger partial charge in [-0.1, -0.05) is 35.3 Å². The second kappa shape index (κ2) is 5.87. The predicted octanol–water partition coefficient (Wildman–Crippen LogP) is 4.55. The van der Waals surface area contributed by atoms with Crippen LogP contribution in [-0.2, 0) is 6.42 Å². The fourth-order valence-corrected chi connectivity index (χ4v) is 2.20. The van der Waals surface area contributed by atoms with Crippen molar-refractivity contribution in [3.05, 3.63) is 69.2 Å². The van der Waals surface area contributed by atoms with Crippen molar-refractivity contribution in [2.75, 3.05) is 0 Å². The smallest absolute Gasteiger partial charge is 0.126 e. The molecule has 0 fully saturated rings. The molecule has 2 rings (SSSR count). The number of aliphatic hydroxyl groups is 1. The number of aliphatic hydroxyl groups excluding tert-OH is 1. The molecule has 0 heterocycles. The second-order valence-corrected chi connectivity index (χ2v) is 4.92. The van der Waals surface area contributed by atoms with Gasteiger partial charge in [0.25, 0.3) is 0 Å². The molecule has 0 saturated carbocycles. The SMILES string of the molecule is OC(Cc1cccc(Cl)c1Cl)c1cc(F)cc(F)c1. The molecule has 0 spiro atoms. The summed E-state index contributed by atoms with van der Waals surface area (Å²) >= 11 is 11.9. The van der Waals surface area contributed by atoms with E-state index in [0.717, 1.165) is 18.2 Å². The van der Waals surface area contributed by atoms with Crippen molar-refractivity contribution >= 4 is 23.2 Å². The highest BCUT2D eigenvalue weighted by Gasteiger charge is 2.14. The first-order chi connectivity index (χ1) is 8.97. The van der Waals surface area contributed by atoms with Gasteiger partial charge in [0.1, 0.15) is 11.6 Å². The van der Waals surface area contributed by atoms with Crippen molar-refractivity contribution in [2.24, 2.45) is 0 Å². The lowest BCUT2D eigenvalue weighted by atomic mass is 10.0. The van der Waals surface area contributed by atoms with Gasteiger partial charge < -0.3 is 5.11 Å². The number of hydrogen-bond donors (Lipinski definition) is 1. The molecule has 0 aromatic heterocycles. The number of hydrogen-bond acceptors (Lipinski definition) is 1. The lowest BCUT2D eigenvalue weighted by Gasteiger charge is -2.13. The van der Waals surface area contributed by atoms with Crippen LogP contribution in [0, 0.1) is 11.6 Å². The maximum Gasteiger partial charge on any atom is 0.126 e. The van der Waals surface area contributed by atoms with Crippen LogP contribution in [0.5, 0.6) is 0 Å². The standard InChI is InChI=1S/C14H10Cl2F2O/c15-12-3-1-2-8(14(12)16)6-13(19)9-4-10(17)7-11(18)5-9/h1-5,7,13,19H,6H2. The van der Waals surface area contributed by atoms with E-state index in [0.29, 0.717) is 15.6 Å². The molecule has 2 aromatic carbocycles. The predicted molar refractivity (Wildman–Crippen MR) is 71.5 cm³/mol. The topological polar surface area (TPSA) is 20.2 Å². The monoisotopic (exact) mass is 302 g/mol. The summed E-state index contributed by atoms with van der Waals surface area (Å²) in [4.78, 5) is 0. The van der Waals surface area contributed by atoms with E-state index in [9.17, 15) is 13.9 Å². The molecule has 0 aliphatic carbocycles. The summed E-state index contributed by atoms with van der Waals surface area (Å²) in [6.07, 6.45) is -0.927. The third-order valence-corrected chi connectivity index (χ3v) is 3.57. The minimum absolute atomic E-state index is 0.127.